The molecule has 0 aromatic heterocycles. The van der Waals surface area contributed by atoms with E-state index < -0.39 is 23.2 Å². The molecule has 0 aliphatic rings. The topological polar surface area (TPSA) is 38.3 Å². The number of nitrogens with one attached hydrogen (secondary N) is 1. The predicted octanol–water partition coefficient (Wildman–Crippen LogP) is 4.09. The quantitative estimate of drug-likeness (QED) is 0.804. The zero-order valence-corrected chi connectivity index (χ0v) is 13.2. The fraction of sp³-hybridized carbons (Fsp3) is 0.562. The summed E-state index contributed by atoms with van der Waals surface area (Å²) in [6.07, 6.45) is 0. The molecule has 0 bridgehead atoms. The maximum Gasteiger partial charge on any atom is 0.340 e. The van der Waals surface area contributed by atoms with E-state index in [1.165, 1.54) is 12.1 Å². The van der Waals surface area contributed by atoms with Crippen molar-refractivity contribution in [1.29, 1.82) is 0 Å². The molecule has 0 saturated carbocycles. The van der Waals surface area contributed by atoms with Crippen LogP contribution in [0.4, 0.5) is 14.5 Å². The van der Waals surface area contributed by atoms with Gasteiger partial charge in [-0.2, -0.15) is 0 Å². The van der Waals surface area contributed by atoms with Crippen molar-refractivity contribution in [2.45, 2.75) is 27.7 Å². The summed E-state index contributed by atoms with van der Waals surface area (Å²) in [5, 5.41) is 2.93. The molecule has 1 aromatic carbocycles. The Bertz CT molecular complexity index is 493. The van der Waals surface area contributed by atoms with E-state index in [2.05, 4.69) is 37.7 Å². The maximum absolute atomic E-state index is 14.0. The van der Waals surface area contributed by atoms with Gasteiger partial charge in [0.1, 0.15) is 0 Å². The van der Waals surface area contributed by atoms with Crippen molar-refractivity contribution in [3.8, 4) is 0 Å². The minimum absolute atomic E-state index is 0.0615. The molecule has 1 rings (SSSR count). The number of hydrogen-bond acceptors (Lipinski definition) is 3. The van der Waals surface area contributed by atoms with Crippen LogP contribution in [0.5, 0.6) is 0 Å². The lowest BCUT2D eigenvalue weighted by Crippen LogP contribution is -2.25. The summed E-state index contributed by atoms with van der Waals surface area (Å²) in [4.78, 5) is 11.3. The first-order chi connectivity index (χ1) is 9.79. The third-order valence-electron chi connectivity index (χ3n) is 3.73. The van der Waals surface area contributed by atoms with Crippen LogP contribution in [0, 0.1) is 29.4 Å². The lowest BCUT2D eigenvalue weighted by molar-refractivity contribution is 0.0594. The number of carbonyl (C=O) groups excluding carboxylic acids is 1. The second kappa shape index (κ2) is 7.38. The number of anilines is 1. The number of benzene rings is 1. The van der Waals surface area contributed by atoms with E-state index in [0.29, 0.717) is 24.3 Å². The van der Waals surface area contributed by atoms with Crippen molar-refractivity contribution in [3.05, 3.63) is 29.3 Å². The summed E-state index contributed by atoms with van der Waals surface area (Å²) in [6, 6.07) is 2.59. The number of hydrogen-bond donors (Lipinski definition) is 1. The normalized spacial score (nSPS) is 11.3. The number of carbonyl (C=O) groups is 1. The first kappa shape index (κ1) is 17.4. The average molecular weight is 299 g/mol. The molecule has 1 N–H and O–H groups in total. The standard InChI is InChI=1S/C16H23F2NO2/c1-9(2)12(10(3)4)8-19-13-7-6-11(16(20)21-5)14(17)15(13)18/h6-7,9-10,12,19H,8H2,1-5H3. The van der Waals surface area contributed by atoms with E-state index in [-0.39, 0.29) is 5.69 Å². The van der Waals surface area contributed by atoms with Crippen LogP contribution in [-0.4, -0.2) is 19.6 Å². The Morgan fingerprint density at radius 1 is 1.14 bits per heavy atom. The zero-order chi connectivity index (χ0) is 16.2. The highest BCUT2D eigenvalue weighted by molar-refractivity contribution is 5.90. The number of halogens is 2. The lowest BCUT2D eigenvalue weighted by atomic mass is 9.85. The third-order valence-corrected chi connectivity index (χ3v) is 3.73. The highest BCUT2D eigenvalue weighted by atomic mass is 19.2. The molecular weight excluding hydrogens is 276 g/mol. The molecular formula is C16H23F2NO2. The van der Waals surface area contributed by atoms with Gasteiger partial charge in [0.05, 0.1) is 18.4 Å². The second-order valence-corrected chi connectivity index (χ2v) is 5.81. The molecule has 118 valence electrons. The van der Waals surface area contributed by atoms with Crippen LogP contribution in [0.25, 0.3) is 0 Å². The van der Waals surface area contributed by atoms with Gasteiger partial charge in [-0.25, -0.2) is 13.6 Å². The smallest absolute Gasteiger partial charge is 0.340 e. The van der Waals surface area contributed by atoms with Gasteiger partial charge in [0.2, 0.25) is 0 Å². The summed E-state index contributed by atoms with van der Waals surface area (Å²) >= 11 is 0. The first-order valence-electron chi connectivity index (χ1n) is 7.09. The van der Waals surface area contributed by atoms with Crippen LogP contribution in [-0.2, 0) is 4.74 Å². The highest BCUT2D eigenvalue weighted by Gasteiger charge is 2.21. The summed E-state index contributed by atoms with van der Waals surface area (Å²) < 4.78 is 32.2. The van der Waals surface area contributed by atoms with Gasteiger partial charge in [0.25, 0.3) is 0 Å². The van der Waals surface area contributed by atoms with Gasteiger partial charge in [-0.15, -0.1) is 0 Å². The van der Waals surface area contributed by atoms with Gasteiger partial charge in [0.15, 0.2) is 11.6 Å². The van der Waals surface area contributed by atoms with Gasteiger partial charge >= 0.3 is 5.97 Å². The molecule has 0 saturated heterocycles. The maximum atomic E-state index is 14.0. The Morgan fingerprint density at radius 3 is 2.19 bits per heavy atom. The fourth-order valence-electron chi connectivity index (χ4n) is 2.42. The van der Waals surface area contributed by atoms with Crippen molar-refractivity contribution in [3.63, 3.8) is 0 Å². The van der Waals surface area contributed by atoms with Crippen molar-refractivity contribution in [2.24, 2.45) is 17.8 Å². The molecule has 0 amide bonds. The Morgan fingerprint density at radius 2 is 1.71 bits per heavy atom. The van der Waals surface area contributed by atoms with Crippen LogP contribution in [0.3, 0.4) is 0 Å². The summed E-state index contributed by atoms with van der Waals surface area (Å²) in [7, 11) is 1.13. The van der Waals surface area contributed by atoms with Crippen LogP contribution in [0.2, 0.25) is 0 Å². The van der Waals surface area contributed by atoms with Crippen LogP contribution in [0.15, 0.2) is 12.1 Å². The molecule has 0 aliphatic carbocycles. The molecule has 0 atom stereocenters. The largest absolute Gasteiger partial charge is 0.465 e. The van der Waals surface area contributed by atoms with E-state index in [0.717, 1.165) is 7.11 Å². The number of methoxy groups -OCH3 is 1. The third kappa shape index (κ3) is 4.16. The minimum atomic E-state index is -1.18. The Hall–Kier alpha value is -1.65. The van der Waals surface area contributed by atoms with Crippen molar-refractivity contribution in [1.82, 2.24) is 0 Å². The van der Waals surface area contributed by atoms with Crippen LogP contribution in [0.1, 0.15) is 38.1 Å². The zero-order valence-electron chi connectivity index (χ0n) is 13.2. The minimum Gasteiger partial charge on any atom is -0.465 e. The number of ether oxygens (including phenoxy) is 1. The van der Waals surface area contributed by atoms with Gasteiger partial charge in [-0.3, -0.25) is 0 Å². The van der Waals surface area contributed by atoms with Crippen molar-refractivity contribution in [2.75, 3.05) is 19.0 Å². The van der Waals surface area contributed by atoms with Crippen molar-refractivity contribution >= 4 is 11.7 Å². The second-order valence-electron chi connectivity index (χ2n) is 5.81. The van der Waals surface area contributed by atoms with Crippen LogP contribution < -0.4 is 5.32 Å². The molecule has 5 heteroatoms. The first-order valence-corrected chi connectivity index (χ1v) is 7.09. The Kier molecular flexibility index (Phi) is 6.12. The summed E-state index contributed by atoms with van der Waals surface area (Å²) in [5.74, 6) is -1.92. The van der Waals surface area contributed by atoms with Gasteiger partial charge in [-0.1, -0.05) is 27.7 Å². The fourth-order valence-corrected chi connectivity index (χ4v) is 2.42. The number of rotatable bonds is 6. The summed E-state index contributed by atoms with van der Waals surface area (Å²) in [6.45, 7) is 8.95. The molecule has 0 unspecified atom stereocenters. The van der Waals surface area contributed by atoms with E-state index in [4.69, 9.17) is 0 Å². The van der Waals surface area contributed by atoms with E-state index in [1.54, 1.807) is 0 Å². The number of esters is 1. The van der Waals surface area contributed by atoms with E-state index >= 15 is 0 Å². The molecule has 0 spiro atoms. The molecule has 1 aromatic rings. The van der Waals surface area contributed by atoms with Crippen molar-refractivity contribution < 1.29 is 18.3 Å². The summed E-state index contributed by atoms with van der Waals surface area (Å²) in [5.41, 5.74) is -0.337. The van der Waals surface area contributed by atoms with Gasteiger partial charge < -0.3 is 10.1 Å². The molecule has 0 fully saturated rings. The molecule has 0 heterocycles. The SMILES string of the molecule is COC(=O)c1ccc(NCC(C(C)C)C(C)C)c(F)c1F. The Balaban J connectivity index is 2.91. The van der Waals surface area contributed by atoms with Gasteiger partial charge in [0, 0.05) is 6.54 Å². The Labute approximate surface area is 124 Å². The van der Waals surface area contributed by atoms with E-state index in [9.17, 15) is 13.6 Å². The molecule has 0 radical (unpaired) electrons. The highest BCUT2D eigenvalue weighted by Crippen LogP contribution is 2.24. The molecule has 21 heavy (non-hydrogen) atoms. The molecule has 0 aliphatic heterocycles. The monoisotopic (exact) mass is 299 g/mol. The van der Waals surface area contributed by atoms with E-state index in [1.807, 2.05) is 0 Å². The molecule has 3 nitrogen and oxygen atoms in total. The average Bonchev–Trinajstić information content (AvgIpc) is 2.42. The lowest BCUT2D eigenvalue weighted by Gasteiger charge is -2.25. The predicted molar refractivity (Wildman–Crippen MR) is 79.4 cm³/mol. The van der Waals surface area contributed by atoms with Crippen LogP contribution >= 0.6 is 0 Å². The van der Waals surface area contributed by atoms with Gasteiger partial charge in [-0.05, 0) is 29.9 Å².